The molecule has 0 atom stereocenters. The first-order chi connectivity index (χ1) is 8.62. The number of hydrogen-bond donors (Lipinski definition) is 2. The molecule has 0 spiro atoms. The Hall–Kier alpha value is -1.26. The van der Waals surface area contributed by atoms with E-state index in [1.54, 1.807) is 7.11 Å². The summed E-state index contributed by atoms with van der Waals surface area (Å²) in [7, 11) is 1.64. The molecular formula is C15H20Cl2N2O. The minimum atomic E-state index is -0.867. The molecule has 0 saturated heterocycles. The summed E-state index contributed by atoms with van der Waals surface area (Å²) in [6.45, 7) is 0. The van der Waals surface area contributed by atoms with Gasteiger partial charge in [-0.05, 0) is 23.3 Å². The molecule has 0 aliphatic heterocycles. The van der Waals surface area contributed by atoms with Gasteiger partial charge in [-0.2, -0.15) is 0 Å². The van der Waals surface area contributed by atoms with Gasteiger partial charge in [0, 0.05) is 6.42 Å². The van der Waals surface area contributed by atoms with Gasteiger partial charge in [0.05, 0.1) is 12.8 Å². The van der Waals surface area contributed by atoms with Crippen molar-refractivity contribution in [1.82, 2.24) is 0 Å². The summed E-state index contributed by atoms with van der Waals surface area (Å²) in [6, 6.07) is 17.5. The van der Waals surface area contributed by atoms with E-state index < -0.39 is 5.66 Å². The summed E-state index contributed by atoms with van der Waals surface area (Å²) < 4.78 is 5.12. The normalized spacial score (nSPS) is 10.2. The fourth-order valence-corrected chi connectivity index (χ4v) is 1.94. The average Bonchev–Trinajstić information content (AvgIpc) is 2.39. The zero-order valence-electron chi connectivity index (χ0n) is 11.3. The summed E-state index contributed by atoms with van der Waals surface area (Å²) >= 11 is 0. The fraction of sp³-hybridized carbons (Fsp3) is 0.200. The highest BCUT2D eigenvalue weighted by Crippen LogP contribution is 2.20. The molecule has 0 amide bonds. The van der Waals surface area contributed by atoms with Crippen LogP contribution in [-0.2, 0) is 12.1 Å². The first kappa shape index (κ1) is 18.7. The van der Waals surface area contributed by atoms with Crippen molar-refractivity contribution in [2.75, 3.05) is 7.11 Å². The molecular weight excluding hydrogens is 295 g/mol. The van der Waals surface area contributed by atoms with Gasteiger partial charge in [-0.25, -0.2) is 0 Å². The standard InChI is InChI=1S/C15H18N2O.2ClH/c1-18-14-9-7-13(8-10-14)15(16,17)11-12-5-3-2-4-6-12;;/h2-10H,11,16-17H2,1H3;2*1H. The quantitative estimate of drug-likeness (QED) is 0.853. The Bertz CT molecular complexity index is 501. The van der Waals surface area contributed by atoms with Crippen LogP contribution in [0, 0.1) is 0 Å². The second-order valence-corrected chi connectivity index (χ2v) is 4.43. The maximum absolute atomic E-state index is 6.20. The first-order valence-electron chi connectivity index (χ1n) is 5.88. The van der Waals surface area contributed by atoms with Gasteiger partial charge in [0.15, 0.2) is 0 Å². The summed E-state index contributed by atoms with van der Waals surface area (Å²) in [5, 5.41) is 0. The van der Waals surface area contributed by atoms with E-state index in [1.807, 2.05) is 54.6 Å². The lowest BCUT2D eigenvalue weighted by Crippen LogP contribution is -2.48. The Morgan fingerprint density at radius 3 is 1.95 bits per heavy atom. The second-order valence-electron chi connectivity index (χ2n) is 4.43. The topological polar surface area (TPSA) is 61.3 Å². The fourth-order valence-electron chi connectivity index (χ4n) is 1.94. The molecule has 5 heteroatoms. The van der Waals surface area contributed by atoms with Crippen molar-refractivity contribution in [1.29, 1.82) is 0 Å². The molecule has 2 rings (SSSR count). The van der Waals surface area contributed by atoms with Crippen LogP contribution in [0.5, 0.6) is 5.75 Å². The molecule has 0 aliphatic rings. The van der Waals surface area contributed by atoms with E-state index in [9.17, 15) is 0 Å². The molecule has 0 bridgehead atoms. The van der Waals surface area contributed by atoms with Gasteiger partial charge in [0.2, 0.25) is 0 Å². The monoisotopic (exact) mass is 314 g/mol. The average molecular weight is 315 g/mol. The van der Waals surface area contributed by atoms with E-state index >= 15 is 0 Å². The van der Waals surface area contributed by atoms with Crippen LogP contribution in [0.4, 0.5) is 0 Å². The Kier molecular flexibility index (Phi) is 7.61. The Morgan fingerprint density at radius 2 is 1.45 bits per heavy atom. The predicted molar refractivity (Wildman–Crippen MR) is 87.7 cm³/mol. The molecule has 0 heterocycles. The summed E-state index contributed by atoms with van der Waals surface area (Å²) in [5.41, 5.74) is 13.5. The van der Waals surface area contributed by atoms with Crippen LogP contribution < -0.4 is 16.2 Å². The van der Waals surface area contributed by atoms with E-state index in [4.69, 9.17) is 16.2 Å². The van der Waals surface area contributed by atoms with Crippen LogP contribution in [-0.4, -0.2) is 7.11 Å². The van der Waals surface area contributed by atoms with Crippen molar-refractivity contribution in [3.05, 3.63) is 65.7 Å². The highest BCUT2D eigenvalue weighted by molar-refractivity contribution is 5.85. The molecule has 3 nitrogen and oxygen atoms in total. The third kappa shape index (κ3) is 4.69. The van der Waals surface area contributed by atoms with Gasteiger partial charge in [-0.15, -0.1) is 24.8 Å². The zero-order valence-corrected chi connectivity index (χ0v) is 12.9. The van der Waals surface area contributed by atoms with Crippen LogP contribution >= 0.6 is 24.8 Å². The largest absolute Gasteiger partial charge is 0.497 e. The Balaban J connectivity index is 0.00000180. The highest BCUT2D eigenvalue weighted by atomic mass is 35.5. The van der Waals surface area contributed by atoms with Gasteiger partial charge in [0.25, 0.3) is 0 Å². The lowest BCUT2D eigenvalue weighted by Gasteiger charge is -2.25. The van der Waals surface area contributed by atoms with Crippen molar-refractivity contribution >= 4 is 24.8 Å². The maximum atomic E-state index is 6.20. The molecule has 0 aromatic heterocycles. The van der Waals surface area contributed by atoms with Gasteiger partial charge in [-0.1, -0.05) is 42.5 Å². The zero-order chi connectivity index (χ0) is 13.0. The minimum absolute atomic E-state index is 0. The number of hydrogen-bond acceptors (Lipinski definition) is 3. The van der Waals surface area contributed by atoms with Crippen molar-refractivity contribution < 1.29 is 4.74 Å². The molecule has 4 N–H and O–H groups in total. The predicted octanol–water partition coefficient (Wildman–Crippen LogP) is 2.85. The SMILES string of the molecule is COc1ccc(C(N)(N)Cc2ccccc2)cc1.Cl.Cl. The van der Waals surface area contributed by atoms with Crippen LogP contribution in [0.2, 0.25) is 0 Å². The number of methoxy groups -OCH3 is 1. The van der Waals surface area contributed by atoms with Crippen molar-refractivity contribution in [2.45, 2.75) is 12.1 Å². The Labute approximate surface area is 132 Å². The second kappa shape index (κ2) is 8.12. The third-order valence-electron chi connectivity index (χ3n) is 2.97. The smallest absolute Gasteiger partial charge is 0.118 e. The lowest BCUT2D eigenvalue weighted by atomic mass is 9.93. The maximum Gasteiger partial charge on any atom is 0.118 e. The number of rotatable bonds is 4. The van der Waals surface area contributed by atoms with Crippen molar-refractivity contribution in [2.24, 2.45) is 11.5 Å². The highest BCUT2D eigenvalue weighted by Gasteiger charge is 2.22. The molecule has 0 unspecified atom stereocenters. The van der Waals surface area contributed by atoms with E-state index in [0.717, 1.165) is 16.9 Å². The van der Waals surface area contributed by atoms with Crippen LogP contribution in [0.15, 0.2) is 54.6 Å². The van der Waals surface area contributed by atoms with E-state index in [-0.39, 0.29) is 24.8 Å². The number of halogens is 2. The van der Waals surface area contributed by atoms with Crippen LogP contribution in [0.1, 0.15) is 11.1 Å². The summed E-state index contributed by atoms with van der Waals surface area (Å²) in [4.78, 5) is 0. The number of nitrogens with two attached hydrogens (primary N) is 2. The molecule has 0 aliphatic carbocycles. The lowest BCUT2D eigenvalue weighted by molar-refractivity contribution is 0.412. The van der Waals surface area contributed by atoms with E-state index in [0.29, 0.717) is 6.42 Å². The molecule has 0 radical (unpaired) electrons. The Morgan fingerprint density at radius 1 is 0.900 bits per heavy atom. The molecule has 110 valence electrons. The summed E-state index contributed by atoms with van der Waals surface area (Å²) in [5.74, 6) is 0.800. The van der Waals surface area contributed by atoms with E-state index in [1.165, 1.54) is 0 Å². The van der Waals surface area contributed by atoms with Gasteiger partial charge in [0.1, 0.15) is 5.75 Å². The van der Waals surface area contributed by atoms with Gasteiger partial charge < -0.3 is 16.2 Å². The molecule has 2 aromatic carbocycles. The van der Waals surface area contributed by atoms with Crippen LogP contribution in [0.3, 0.4) is 0 Å². The van der Waals surface area contributed by atoms with E-state index in [2.05, 4.69) is 0 Å². The van der Waals surface area contributed by atoms with Crippen molar-refractivity contribution in [3.8, 4) is 5.75 Å². The third-order valence-corrected chi connectivity index (χ3v) is 2.97. The minimum Gasteiger partial charge on any atom is -0.497 e. The van der Waals surface area contributed by atoms with Gasteiger partial charge >= 0.3 is 0 Å². The summed E-state index contributed by atoms with van der Waals surface area (Å²) in [6.07, 6.45) is 0.597. The first-order valence-corrected chi connectivity index (χ1v) is 5.88. The molecule has 0 fully saturated rings. The number of benzene rings is 2. The van der Waals surface area contributed by atoms with Crippen molar-refractivity contribution in [3.63, 3.8) is 0 Å². The molecule has 20 heavy (non-hydrogen) atoms. The van der Waals surface area contributed by atoms with Crippen LogP contribution in [0.25, 0.3) is 0 Å². The number of ether oxygens (including phenoxy) is 1. The molecule has 0 saturated carbocycles. The van der Waals surface area contributed by atoms with Gasteiger partial charge in [-0.3, -0.25) is 0 Å². The molecule has 2 aromatic rings.